The Kier molecular flexibility index (Phi) is 4.49. The van der Waals surface area contributed by atoms with E-state index >= 15 is 0 Å². The van der Waals surface area contributed by atoms with Crippen molar-refractivity contribution in [3.63, 3.8) is 0 Å². The number of nitrogens with two attached hydrogens (primary N) is 1. The first kappa shape index (κ1) is 10.2. The molecule has 0 atom stereocenters. The zero-order chi connectivity index (χ0) is 9.52. The van der Waals surface area contributed by atoms with E-state index in [2.05, 4.69) is 9.55 Å². The van der Waals surface area contributed by atoms with E-state index in [9.17, 15) is 0 Å². The van der Waals surface area contributed by atoms with Crippen LogP contribution in [0.4, 0.5) is 0 Å². The van der Waals surface area contributed by atoms with Crippen LogP contribution in [-0.2, 0) is 11.3 Å². The summed E-state index contributed by atoms with van der Waals surface area (Å²) in [4.78, 5) is 4.12. The second kappa shape index (κ2) is 5.72. The summed E-state index contributed by atoms with van der Waals surface area (Å²) in [5, 5.41) is 0. The van der Waals surface area contributed by atoms with Gasteiger partial charge in [-0.3, -0.25) is 0 Å². The molecule has 13 heavy (non-hydrogen) atoms. The monoisotopic (exact) mass is 183 g/mol. The Labute approximate surface area is 78.7 Å². The summed E-state index contributed by atoms with van der Waals surface area (Å²) in [6.45, 7) is 5.04. The predicted octanol–water partition coefficient (Wildman–Crippen LogP) is 0.557. The van der Waals surface area contributed by atoms with Crippen LogP contribution in [0.3, 0.4) is 0 Å². The zero-order valence-electron chi connectivity index (χ0n) is 8.07. The van der Waals surface area contributed by atoms with E-state index in [0.717, 1.165) is 32.0 Å². The molecule has 1 aromatic rings. The van der Waals surface area contributed by atoms with Crippen LogP contribution in [0.15, 0.2) is 12.4 Å². The first-order chi connectivity index (χ1) is 6.34. The van der Waals surface area contributed by atoms with Crippen LogP contribution in [0, 0.1) is 6.92 Å². The molecule has 0 aromatic carbocycles. The van der Waals surface area contributed by atoms with E-state index < -0.39 is 0 Å². The molecule has 0 aliphatic rings. The van der Waals surface area contributed by atoms with E-state index in [1.807, 2.05) is 13.1 Å². The Balaban J connectivity index is 2.10. The highest BCUT2D eigenvalue weighted by atomic mass is 16.5. The molecule has 0 spiro atoms. The van der Waals surface area contributed by atoms with Crippen molar-refractivity contribution < 1.29 is 4.74 Å². The van der Waals surface area contributed by atoms with Crippen molar-refractivity contribution in [1.82, 2.24) is 9.55 Å². The summed E-state index contributed by atoms with van der Waals surface area (Å²) in [5.74, 6) is 1.03. The maximum atomic E-state index is 5.37. The number of hydrogen-bond acceptors (Lipinski definition) is 3. The van der Waals surface area contributed by atoms with Crippen molar-refractivity contribution in [3.8, 4) is 0 Å². The van der Waals surface area contributed by atoms with Gasteiger partial charge in [-0.2, -0.15) is 0 Å². The fraction of sp³-hybridized carbons (Fsp3) is 0.667. The second-order valence-electron chi connectivity index (χ2n) is 2.92. The van der Waals surface area contributed by atoms with Crippen molar-refractivity contribution in [2.24, 2.45) is 5.73 Å². The molecule has 0 fully saturated rings. The third-order valence-electron chi connectivity index (χ3n) is 1.89. The van der Waals surface area contributed by atoms with Crippen LogP contribution in [-0.4, -0.2) is 29.3 Å². The highest BCUT2D eigenvalue weighted by Gasteiger charge is 1.95. The average molecular weight is 183 g/mol. The summed E-state index contributed by atoms with van der Waals surface area (Å²) in [5.41, 5.74) is 5.33. The Morgan fingerprint density at radius 2 is 2.38 bits per heavy atom. The molecule has 0 saturated carbocycles. The standard InChI is InChI=1S/C9H17N3O/c1-9-11-4-5-12(9)6-8-13-7-2-3-10/h4-5H,2-3,6-8,10H2,1H3. The number of aromatic nitrogens is 2. The minimum atomic E-state index is 0.699. The number of imidazole rings is 1. The largest absolute Gasteiger partial charge is 0.380 e. The van der Waals surface area contributed by atoms with Crippen molar-refractivity contribution in [3.05, 3.63) is 18.2 Å². The first-order valence-corrected chi connectivity index (χ1v) is 4.60. The molecule has 2 N–H and O–H groups in total. The lowest BCUT2D eigenvalue weighted by molar-refractivity contribution is 0.125. The minimum Gasteiger partial charge on any atom is -0.380 e. The van der Waals surface area contributed by atoms with Gasteiger partial charge in [0.1, 0.15) is 5.82 Å². The van der Waals surface area contributed by atoms with Crippen molar-refractivity contribution in [2.75, 3.05) is 19.8 Å². The molecule has 0 saturated heterocycles. The second-order valence-corrected chi connectivity index (χ2v) is 2.92. The fourth-order valence-corrected chi connectivity index (χ4v) is 1.09. The third kappa shape index (κ3) is 3.57. The van der Waals surface area contributed by atoms with Crippen LogP contribution in [0.2, 0.25) is 0 Å². The average Bonchev–Trinajstić information content (AvgIpc) is 2.52. The van der Waals surface area contributed by atoms with Gasteiger partial charge >= 0.3 is 0 Å². The molecule has 0 amide bonds. The van der Waals surface area contributed by atoms with E-state index in [4.69, 9.17) is 10.5 Å². The molecule has 4 nitrogen and oxygen atoms in total. The lowest BCUT2D eigenvalue weighted by atomic mass is 10.5. The van der Waals surface area contributed by atoms with E-state index in [0.29, 0.717) is 6.54 Å². The van der Waals surface area contributed by atoms with Gasteiger partial charge in [0, 0.05) is 25.5 Å². The molecular formula is C9H17N3O. The van der Waals surface area contributed by atoms with Crippen LogP contribution in [0.1, 0.15) is 12.2 Å². The van der Waals surface area contributed by atoms with Gasteiger partial charge in [0.2, 0.25) is 0 Å². The molecular weight excluding hydrogens is 166 g/mol. The number of hydrogen-bond donors (Lipinski definition) is 1. The molecule has 1 aromatic heterocycles. The van der Waals surface area contributed by atoms with Crippen LogP contribution in [0.25, 0.3) is 0 Å². The third-order valence-corrected chi connectivity index (χ3v) is 1.89. The molecule has 0 bridgehead atoms. The summed E-state index contributed by atoms with van der Waals surface area (Å²) in [6, 6.07) is 0. The molecule has 1 heterocycles. The van der Waals surface area contributed by atoms with E-state index in [-0.39, 0.29) is 0 Å². The predicted molar refractivity (Wildman–Crippen MR) is 51.5 cm³/mol. The Bertz CT molecular complexity index is 235. The lowest BCUT2D eigenvalue weighted by Gasteiger charge is -2.05. The molecule has 0 aliphatic carbocycles. The normalized spacial score (nSPS) is 10.6. The highest BCUT2D eigenvalue weighted by molar-refractivity contribution is 4.87. The topological polar surface area (TPSA) is 53.1 Å². The highest BCUT2D eigenvalue weighted by Crippen LogP contribution is 1.94. The van der Waals surface area contributed by atoms with Crippen molar-refractivity contribution in [1.29, 1.82) is 0 Å². The summed E-state index contributed by atoms with van der Waals surface area (Å²) >= 11 is 0. The van der Waals surface area contributed by atoms with Gasteiger partial charge in [-0.1, -0.05) is 0 Å². The van der Waals surface area contributed by atoms with Gasteiger partial charge in [0.05, 0.1) is 6.61 Å². The quantitative estimate of drug-likeness (QED) is 0.655. The SMILES string of the molecule is Cc1nccn1CCOCCCN. The van der Waals surface area contributed by atoms with Crippen LogP contribution < -0.4 is 5.73 Å². The van der Waals surface area contributed by atoms with Crippen LogP contribution in [0.5, 0.6) is 0 Å². The Hall–Kier alpha value is -0.870. The van der Waals surface area contributed by atoms with Gasteiger partial charge in [-0.15, -0.1) is 0 Å². The van der Waals surface area contributed by atoms with E-state index in [1.54, 1.807) is 6.20 Å². The van der Waals surface area contributed by atoms with E-state index in [1.165, 1.54) is 0 Å². The molecule has 0 aliphatic heterocycles. The lowest BCUT2D eigenvalue weighted by Crippen LogP contribution is -2.09. The fourth-order valence-electron chi connectivity index (χ4n) is 1.09. The smallest absolute Gasteiger partial charge is 0.105 e. The van der Waals surface area contributed by atoms with Gasteiger partial charge in [-0.25, -0.2) is 4.98 Å². The van der Waals surface area contributed by atoms with Gasteiger partial charge in [0.15, 0.2) is 0 Å². The summed E-state index contributed by atoms with van der Waals surface area (Å²) < 4.78 is 7.45. The number of rotatable bonds is 6. The maximum absolute atomic E-state index is 5.37. The molecule has 74 valence electrons. The van der Waals surface area contributed by atoms with Gasteiger partial charge in [0.25, 0.3) is 0 Å². The minimum absolute atomic E-state index is 0.699. The zero-order valence-corrected chi connectivity index (χ0v) is 8.07. The molecule has 4 heteroatoms. The molecule has 0 radical (unpaired) electrons. The summed E-state index contributed by atoms with van der Waals surface area (Å²) in [6.07, 6.45) is 4.69. The Morgan fingerprint density at radius 1 is 1.54 bits per heavy atom. The Morgan fingerprint density at radius 3 is 3.00 bits per heavy atom. The first-order valence-electron chi connectivity index (χ1n) is 4.60. The van der Waals surface area contributed by atoms with Crippen molar-refractivity contribution in [2.45, 2.75) is 19.9 Å². The van der Waals surface area contributed by atoms with Gasteiger partial charge < -0.3 is 15.0 Å². The molecule has 1 rings (SSSR count). The van der Waals surface area contributed by atoms with Crippen LogP contribution >= 0.6 is 0 Å². The van der Waals surface area contributed by atoms with Crippen molar-refractivity contribution >= 4 is 0 Å². The number of nitrogens with zero attached hydrogens (tertiary/aromatic N) is 2. The maximum Gasteiger partial charge on any atom is 0.105 e. The summed E-state index contributed by atoms with van der Waals surface area (Å²) in [7, 11) is 0. The van der Waals surface area contributed by atoms with Gasteiger partial charge in [-0.05, 0) is 19.9 Å². The number of ether oxygens (including phenoxy) is 1. The molecule has 0 unspecified atom stereocenters. The number of aryl methyl sites for hydroxylation is 1.